The zero-order valence-electron chi connectivity index (χ0n) is 10.8. The van der Waals surface area contributed by atoms with Gasteiger partial charge in [0, 0.05) is 5.92 Å². The standard InChI is InChI=1S/C14H17NO3S/c1-18-14(17)12-11(4-5-19-12)15-13(16)10-7-8-2-3-9(10)6-8/h4-5,8-10H,2-3,6-7H2,1H3,(H,15,16)/t8-,9-,10+/m1/s1. The number of carbonyl (C=O) groups is 2. The molecule has 1 N–H and O–H groups in total. The molecule has 0 aliphatic heterocycles. The molecule has 2 aliphatic rings. The van der Waals surface area contributed by atoms with Crippen LogP contribution in [-0.4, -0.2) is 19.0 Å². The van der Waals surface area contributed by atoms with Crippen LogP contribution in [0.25, 0.3) is 0 Å². The first-order valence-electron chi connectivity index (χ1n) is 6.65. The van der Waals surface area contributed by atoms with Crippen LogP contribution in [0.5, 0.6) is 0 Å². The second kappa shape index (κ2) is 4.96. The molecule has 0 unspecified atom stereocenters. The van der Waals surface area contributed by atoms with Gasteiger partial charge in [-0.1, -0.05) is 6.42 Å². The summed E-state index contributed by atoms with van der Waals surface area (Å²) in [7, 11) is 1.35. The number of esters is 1. The van der Waals surface area contributed by atoms with Crippen LogP contribution >= 0.6 is 11.3 Å². The van der Waals surface area contributed by atoms with Gasteiger partial charge in [0.1, 0.15) is 4.88 Å². The lowest BCUT2D eigenvalue weighted by molar-refractivity contribution is -0.121. The first-order valence-corrected chi connectivity index (χ1v) is 7.53. The molecule has 4 nitrogen and oxygen atoms in total. The van der Waals surface area contributed by atoms with Crippen molar-refractivity contribution in [2.24, 2.45) is 17.8 Å². The van der Waals surface area contributed by atoms with E-state index in [0.29, 0.717) is 16.5 Å². The number of carbonyl (C=O) groups excluding carboxylic acids is 2. The van der Waals surface area contributed by atoms with Crippen molar-refractivity contribution in [2.45, 2.75) is 25.7 Å². The second-order valence-electron chi connectivity index (χ2n) is 5.43. The van der Waals surface area contributed by atoms with Crippen molar-refractivity contribution in [1.82, 2.24) is 0 Å². The Labute approximate surface area is 116 Å². The lowest BCUT2D eigenvalue weighted by atomic mass is 9.88. The highest BCUT2D eigenvalue weighted by Crippen LogP contribution is 2.48. The number of fused-ring (bicyclic) bond motifs is 2. The predicted molar refractivity (Wildman–Crippen MR) is 73.2 cm³/mol. The Morgan fingerprint density at radius 3 is 2.84 bits per heavy atom. The molecule has 1 aromatic rings. The van der Waals surface area contributed by atoms with E-state index in [2.05, 4.69) is 5.32 Å². The van der Waals surface area contributed by atoms with Crippen molar-refractivity contribution in [1.29, 1.82) is 0 Å². The summed E-state index contributed by atoms with van der Waals surface area (Å²) in [4.78, 5) is 24.3. The summed E-state index contributed by atoms with van der Waals surface area (Å²) >= 11 is 1.29. The molecule has 0 spiro atoms. The van der Waals surface area contributed by atoms with E-state index < -0.39 is 5.97 Å². The third-order valence-electron chi connectivity index (χ3n) is 4.37. The SMILES string of the molecule is COC(=O)c1sccc1NC(=O)[C@H]1C[C@@H]2CC[C@@H]1C2. The maximum Gasteiger partial charge on any atom is 0.350 e. The lowest BCUT2D eigenvalue weighted by Crippen LogP contribution is -2.27. The van der Waals surface area contributed by atoms with Gasteiger partial charge in [0.15, 0.2) is 0 Å². The average Bonchev–Trinajstić information content (AvgIpc) is 3.13. The highest BCUT2D eigenvalue weighted by atomic mass is 32.1. The molecular formula is C14H17NO3S. The van der Waals surface area contributed by atoms with E-state index in [-0.39, 0.29) is 11.8 Å². The van der Waals surface area contributed by atoms with Crippen LogP contribution in [-0.2, 0) is 9.53 Å². The van der Waals surface area contributed by atoms with Crippen LogP contribution < -0.4 is 5.32 Å². The van der Waals surface area contributed by atoms with Crippen LogP contribution in [0.1, 0.15) is 35.4 Å². The number of thiophene rings is 1. The summed E-state index contributed by atoms with van der Waals surface area (Å²) in [5.74, 6) is 1.09. The molecule has 19 heavy (non-hydrogen) atoms. The molecule has 0 radical (unpaired) electrons. The fraction of sp³-hybridized carbons (Fsp3) is 0.571. The molecule has 102 valence electrons. The summed E-state index contributed by atoms with van der Waals surface area (Å²) in [5, 5.41) is 4.70. The maximum absolute atomic E-state index is 12.3. The van der Waals surface area contributed by atoms with Gasteiger partial charge in [-0.3, -0.25) is 4.79 Å². The molecule has 2 aliphatic carbocycles. The summed E-state index contributed by atoms with van der Waals surface area (Å²) in [5.41, 5.74) is 0.588. The first-order chi connectivity index (χ1) is 9.19. The van der Waals surface area contributed by atoms with Gasteiger partial charge in [-0.15, -0.1) is 11.3 Å². The zero-order valence-corrected chi connectivity index (χ0v) is 11.7. The molecule has 2 fully saturated rings. The Hall–Kier alpha value is -1.36. The molecule has 5 heteroatoms. The van der Waals surface area contributed by atoms with E-state index in [4.69, 9.17) is 4.74 Å². The normalized spacial score (nSPS) is 28.4. The van der Waals surface area contributed by atoms with Gasteiger partial charge in [0.2, 0.25) is 5.91 Å². The van der Waals surface area contributed by atoms with Crippen LogP contribution in [0, 0.1) is 17.8 Å². The van der Waals surface area contributed by atoms with E-state index >= 15 is 0 Å². The molecule has 1 aromatic heterocycles. The number of anilines is 1. The number of hydrogen-bond donors (Lipinski definition) is 1. The highest BCUT2D eigenvalue weighted by molar-refractivity contribution is 7.12. The first kappa shape index (κ1) is 12.7. The third kappa shape index (κ3) is 2.27. The molecule has 3 rings (SSSR count). The Morgan fingerprint density at radius 2 is 2.21 bits per heavy atom. The van der Waals surface area contributed by atoms with E-state index in [9.17, 15) is 9.59 Å². The van der Waals surface area contributed by atoms with Crippen molar-refractivity contribution in [2.75, 3.05) is 12.4 Å². The third-order valence-corrected chi connectivity index (χ3v) is 5.26. The van der Waals surface area contributed by atoms with Crippen LogP contribution in [0.3, 0.4) is 0 Å². The maximum atomic E-state index is 12.3. The number of methoxy groups -OCH3 is 1. The zero-order chi connectivity index (χ0) is 13.4. The summed E-state index contributed by atoms with van der Waals surface area (Å²) in [6.45, 7) is 0. The van der Waals surface area contributed by atoms with Gasteiger partial charge in [0.05, 0.1) is 12.8 Å². The van der Waals surface area contributed by atoms with Crippen molar-refractivity contribution in [3.8, 4) is 0 Å². The lowest BCUT2D eigenvalue weighted by Gasteiger charge is -2.20. The largest absolute Gasteiger partial charge is 0.465 e. The Bertz CT molecular complexity index is 511. The quantitative estimate of drug-likeness (QED) is 0.866. The van der Waals surface area contributed by atoms with Crippen molar-refractivity contribution in [3.63, 3.8) is 0 Å². The van der Waals surface area contributed by atoms with Crippen LogP contribution in [0.15, 0.2) is 11.4 Å². The van der Waals surface area contributed by atoms with Crippen molar-refractivity contribution < 1.29 is 14.3 Å². The van der Waals surface area contributed by atoms with Crippen LogP contribution in [0.2, 0.25) is 0 Å². The Balaban J connectivity index is 1.70. The van der Waals surface area contributed by atoms with Gasteiger partial charge >= 0.3 is 5.97 Å². The molecule has 1 amide bonds. The van der Waals surface area contributed by atoms with Crippen LogP contribution in [0.4, 0.5) is 5.69 Å². The van der Waals surface area contributed by atoms with Gasteiger partial charge < -0.3 is 10.1 Å². The minimum atomic E-state index is -0.391. The number of rotatable bonds is 3. The van der Waals surface area contributed by atoms with Gasteiger partial charge in [0.25, 0.3) is 0 Å². The molecule has 0 saturated heterocycles. The summed E-state index contributed by atoms with van der Waals surface area (Å²) < 4.78 is 4.71. The monoisotopic (exact) mass is 279 g/mol. The number of nitrogens with one attached hydrogen (secondary N) is 1. The molecular weight excluding hydrogens is 262 g/mol. The van der Waals surface area contributed by atoms with E-state index in [1.807, 2.05) is 0 Å². The fourth-order valence-corrected chi connectivity index (χ4v) is 4.22. The van der Waals surface area contributed by atoms with Crippen molar-refractivity contribution in [3.05, 3.63) is 16.3 Å². The molecule has 1 heterocycles. The van der Waals surface area contributed by atoms with Gasteiger partial charge in [-0.2, -0.15) is 0 Å². The average molecular weight is 279 g/mol. The minimum Gasteiger partial charge on any atom is -0.465 e. The molecule has 3 atom stereocenters. The van der Waals surface area contributed by atoms with E-state index in [0.717, 1.165) is 12.3 Å². The van der Waals surface area contributed by atoms with Gasteiger partial charge in [-0.25, -0.2) is 4.79 Å². The molecule has 2 saturated carbocycles. The van der Waals surface area contributed by atoms with Gasteiger partial charge in [-0.05, 0) is 42.5 Å². The molecule has 0 aromatic carbocycles. The number of amides is 1. The Kier molecular flexibility index (Phi) is 3.31. The van der Waals surface area contributed by atoms with Crippen molar-refractivity contribution >= 4 is 28.9 Å². The topological polar surface area (TPSA) is 55.4 Å². The number of hydrogen-bond acceptors (Lipinski definition) is 4. The summed E-state index contributed by atoms with van der Waals surface area (Å²) in [6.07, 6.45) is 4.66. The predicted octanol–water partition coefficient (Wildman–Crippen LogP) is 2.91. The summed E-state index contributed by atoms with van der Waals surface area (Å²) in [6, 6.07) is 1.77. The highest BCUT2D eigenvalue weighted by Gasteiger charge is 2.43. The Morgan fingerprint density at radius 1 is 1.37 bits per heavy atom. The molecule has 2 bridgehead atoms. The fourth-order valence-electron chi connectivity index (χ4n) is 3.45. The van der Waals surface area contributed by atoms with E-state index in [1.165, 1.54) is 37.7 Å². The minimum absolute atomic E-state index is 0.0655. The second-order valence-corrected chi connectivity index (χ2v) is 6.34. The smallest absolute Gasteiger partial charge is 0.350 e. The van der Waals surface area contributed by atoms with E-state index in [1.54, 1.807) is 11.4 Å². The number of ether oxygens (including phenoxy) is 1.